The largest absolute Gasteiger partial charge is 0.384 e. The van der Waals surface area contributed by atoms with Gasteiger partial charge in [-0.3, -0.25) is 4.98 Å². The molecule has 1 N–H and O–H groups in total. The second kappa shape index (κ2) is 5.57. The summed E-state index contributed by atoms with van der Waals surface area (Å²) in [4.78, 5) is 4.47. The first-order valence-electron chi connectivity index (χ1n) is 6.24. The molecule has 2 rings (SSSR count). The number of sulfone groups is 1. The van der Waals surface area contributed by atoms with Crippen molar-refractivity contribution in [3.63, 3.8) is 0 Å². The number of anilines is 1. The van der Waals surface area contributed by atoms with Crippen LogP contribution >= 0.6 is 0 Å². The first-order chi connectivity index (χ1) is 8.96. The quantitative estimate of drug-likeness (QED) is 0.853. The summed E-state index contributed by atoms with van der Waals surface area (Å²) in [5.41, 5.74) is 2.91. The molecular weight excluding hydrogens is 260 g/mol. The first-order valence-corrected chi connectivity index (χ1v) is 8.30. The number of pyridine rings is 1. The molecule has 0 saturated heterocycles. The topological polar surface area (TPSA) is 59.1 Å². The summed E-state index contributed by atoms with van der Waals surface area (Å²) < 4.78 is 22.1. The van der Waals surface area contributed by atoms with Gasteiger partial charge in [0, 0.05) is 29.6 Å². The number of hydrogen-bond donors (Lipinski definition) is 1. The fourth-order valence-electron chi connectivity index (χ4n) is 2.01. The van der Waals surface area contributed by atoms with Gasteiger partial charge in [0.15, 0.2) is 0 Å². The van der Waals surface area contributed by atoms with Crippen LogP contribution in [0.25, 0.3) is 10.9 Å². The highest BCUT2D eigenvalue weighted by molar-refractivity contribution is 7.90. The molecule has 0 unspecified atom stereocenters. The summed E-state index contributed by atoms with van der Waals surface area (Å²) in [5.74, 6) is 0.210. The van der Waals surface area contributed by atoms with Gasteiger partial charge in [-0.2, -0.15) is 0 Å². The fraction of sp³-hybridized carbons (Fsp3) is 0.357. The molecule has 0 amide bonds. The van der Waals surface area contributed by atoms with Gasteiger partial charge in [0.2, 0.25) is 0 Å². The van der Waals surface area contributed by atoms with Crippen LogP contribution in [0.4, 0.5) is 5.69 Å². The molecule has 4 nitrogen and oxygen atoms in total. The molecule has 0 aliphatic carbocycles. The number of nitrogens with one attached hydrogen (secondary N) is 1. The zero-order valence-corrected chi connectivity index (χ0v) is 12.0. The van der Waals surface area contributed by atoms with Crippen molar-refractivity contribution in [2.24, 2.45) is 0 Å². The van der Waals surface area contributed by atoms with E-state index in [0.29, 0.717) is 13.0 Å². The maximum Gasteiger partial charge on any atom is 0.147 e. The third-order valence-corrected chi connectivity index (χ3v) is 3.88. The van der Waals surface area contributed by atoms with E-state index in [-0.39, 0.29) is 5.75 Å². The van der Waals surface area contributed by atoms with Gasteiger partial charge < -0.3 is 5.32 Å². The normalized spacial score (nSPS) is 11.7. The van der Waals surface area contributed by atoms with Crippen molar-refractivity contribution in [2.75, 3.05) is 23.9 Å². The van der Waals surface area contributed by atoms with Crippen LogP contribution in [0.3, 0.4) is 0 Å². The van der Waals surface area contributed by atoms with Crippen LogP contribution in [-0.2, 0) is 9.84 Å². The molecule has 19 heavy (non-hydrogen) atoms. The molecule has 0 saturated carbocycles. The first kappa shape index (κ1) is 13.8. The number of hydrogen-bond acceptors (Lipinski definition) is 4. The van der Waals surface area contributed by atoms with Gasteiger partial charge in [0.1, 0.15) is 9.84 Å². The zero-order chi connectivity index (χ0) is 13.9. The Morgan fingerprint density at radius 1 is 1.26 bits per heavy atom. The van der Waals surface area contributed by atoms with Gasteiger partial charge in [0.05, 0.1) is 11.3 Å². The number of fused-ring (bicyclic) bond motifs is 1. The molecule has 0 radical (unpaired) electrons. The third kappa shape index (κ3) is 3.92. The lowest BCUT2D eigenvalue weighted by atomic mass is 10.1. The van der Waals surface area contributed by atoms with E-state index in [4.69, 9.17) is 0 Å². The number of benzene rings is 1. The summed E-state index contributed by atoms with van der Waals surface area (Å²) in [5, 5.41) is 4.36. The van der Waals surface area contributed by atoms with E-state index in [2.05, 4.69) is 10.3 Å². The predicted molar refractivity (Wildman–Crippen MR) is 79.3 cm³/mol. The van der Waals surface area contributed by atoms with E-state index >= 15 is 0 Å². The van der Waals surface area contributed by atoms with Gasteiger partial charge in [-0.1, -0.05) is 18.2 Å². The summed E-state index contributed by atoms with van der Waals surface area (Å²) in [6, 6.07) is 9.91. The van der Waals surface area contributed by atoms with Crippen LogP contribution in [0, 0.1) is 6.92 Å². The lowest BCUT2D eigenvalue weighted by Crippen LogP contribution is -2.10. The Morgan fingerprint density at radius 3 is 2.74 bits per heavy atom. The Labute approximate surface area is 113 Å². The van der Waals surface area contributed by atoms with E-state index in [9.17, 15) is 8.42 Å². The number of nitrogens with zero attached hydrogens (tertiary/aromatic N) is 1. The Kier molecular flexibility index (Phi) is 4.04. The molecule has 102 valence electrons. The second-order valence-corrected chi connectivity index (χ2v) is 7.00. The maximum absolute atomic E-state index is 11.1. The molecule has 1 heterocycles. The SMILES string of the molecule is Cc1cc(NCCCS(C)(=O)=O)c2ccccc2n1. The van der Waals surface area contributed by atoms with E-state index in [1.165, 1.54) is 6.26 Å². The number of aromatic nitrogens is 1. The predicted octanol–water partition coefficient (Wildman–Crippen LogP) is 2.39. The number of aryl methyl sites for hydroxylation is 1. The summed E-state index contributed by atoms with van der Waals surface area (Å²) in [7, 11) is -2.88. The zero-order valence-electron chi connectivity index (χ0n) is 11.2. The van der Waals surface area contributed by atoms with Crippen LogP contribution in [-0.4, -0.2) is 32.0 Å². The van der Waals surface area contributed by atoms with Crippen LogP contribution in [0.1, 0.15) is 12.1 Å². The van der Waals surface area contributed by atoms with E-state index < -0.39 is 9.84 Å². The van der Waals surface area contributed by atoms with Crippen LogP contribution in [0.15, 0.2) is 30.3 Å². The fourth-order valence-corrected chi connectivity index (χ4v) is 2.68. The molecule has 0 atom stereocenters. The Balaban J connectivity index is 2.12. The smallest absolute Gasteiger partial charge is 0.147 e. The molecular formula is C14H18N2O2S. The lowest BCUT2D eigenvalue weighted by molar-refractivity contribution is 0.600. The lowest BCUT2D eigenvalue weighted by Gasteiger charge is -2.10. The number of rotatable bonds is 5. The van der Waals surface area contributed by atoms with Crippen molar-refractivity contribution < 1.29 is 8.42 Å². The van der Waals surface area contributed by atoms with E-state index in [1.807, 2.05) is 37.3 Å². The monoisotopic (exact) mass is 278 g/mol. The van der Waals surface area contributed by atoms with Gasteiger partial charge in [-0.05, 0) is 25.5 Å². The Bertz CT molecular complexity index is 681. The third-order valence-electron chi connectivity index (χ3n) is 2.85. The maximum atomic E-state index is 11.1. The van der Waals surface area contributed by atoms with Gasteiger partial charge in [-0.25, -0.2) is 8.42 Å². The van der Waals surface area contributed by atoms with Crippen LogP contribution in [0.5, 0.6) is 0 Å². The van der Waals surface area contributed by atoms with Crippen LogP contribution < -0.4 is 5.32 Å². The minimum atomic E-state index is -2.88. The van der Waals surface area contributed by atoms with Crippen molar-refractivity contribution in [1.29, 1.82) is 0 Å². The van der Waals surface area contributed by atoms with Crippen molar-refractivity contribution in [2.45, 2.75) is 13.3 Å². The standard InChI is InChI=1S/C14H18N2O2S/c1-11-10-14(15-8-5-9-19(2,17)18)12-6-3-4-7-13(12)16-11/h3-4,6-7,10H,5,8-9H2,1-2H3,(H,15,16). The molecule has 1 aromatic carbocycles. The molecule has 2 aromatic rings. The summed E-state index contributed by atoms with van der Waals surface area (Å²) in [6.45, 7) is 2.59. The average molecular weight is 278 g/mol. The highest BCUT2D eigenvalue weighted by Gasteiger charge is 2.04. The summed E-state index contributed by atoms with van der Waals surface area (Å²) >= 11 is 0. The Hall–Kier alpha value is -1.62. The van der Waals surface area contributed by atoms with Crippen molar-refractivity contribution in [3.8, 4) is 0 Å². The molecule has 0 fully saturated rings. The minimum Gasteiger partial charge on any atom is -0.384 e. The minimum absolute atomic E-state index is 0.210. The van der Waals surface area contributed by atoms with Crippen molar-refractivity contribution in [3.05, 3.63) is 36.0 Å². The molecule has 0 aliphatic rings. The summed E-state index contributed by atoms with van der Waals surface area (Å²) in [6.07, 6.45) is 1.87. The van der Waals surface area contributed by atoms with Crippen molar-refractivity contribution >= 4 is 26.4 Å². The highest BCUT2D eigenvalue weighted by Crippen LogP contribution is 2.22. The van der Waals surface area contributed by atoms with Gasteiger partial charge >= 0.3 is 0 Å². The molecule has 0 aliphatic heterocycles. The van der Waals surface area contributed by atoms with E-state index in [1.54, 1.807) is 0 Å². The Morgan fingerprint density at radius 2 is 2.00 bits per heavy atom. The molecule has 0 spiro atoms. The highest BCUT2D eigenvalue weighted by atomic mass is 32.2. The average Bonchev–Trinajstić information content (AvgIpc) is 2.33. The number of para-hydroxylation sites is 1. The van der Waals surface area contributed by atoms with Gasteiger partial charge in [0.25, 0.3) is 0 Å². The molecule has 5 heteroatoms. The second-order valence-electron chi connectivity index (χ2n) is 4.74. The van der Waals surface area contributed by atoms with Crippen LogP contribution in [0.2, 0.25) is 0 Å². The van der Waals surface area contributed by atoms with Gasteiger partial charge in [-0.15, -0.1) is 0 Å². The molecule has 0 bridgehead atoms. The van der Waals surface area contributed by atoms with Crippen molar-refractivity contribution in [1.82, 2.24) is 4.98 Å². The molecule has 1 aromatic heterocycles. The van der Waals surface area contributed by atoms with E-state index in [0.717, 1.165) is 22.3 Å².